The molecule has 0 atom stereocenters. The number of fused-ring (bicyclic) bond motifs is 1. The van der Waals surface area contributed by atoms with Gasteiger partial charge in [0.05, 0.1) is 10.8 Å². The van der Waals surface area contributed by atoms with E-state index in [0.29, 0.717) is 32.4 Å². The fraction of sp³-hybridized carbons (Fsp3) is 0.556. The summed E-state index contributed by atoms with van der Waals surface area (Å²) in [7, 11) is -3.63. The normalized spacial score (nSPS) is 19.7. The van der Waals surface area contributed by atoms with Crippen molar-refractivity contribution in [2.75, 3.05) is 26.2 Å². The van der Waals surface area contributed by atoms with Crippen LogP contribution in [-0.4, -0.2) is 60.8 Å². The molecule has 0 radical (unpaired) electrons. The molecule has 2 heterocycles. The average Bonchev–Trinajstić information content (AvgIpc) is 2.83. The summed E-state index contributed by atoms with van der Waals surface area (Å²) in [6, 6.07) is 5.19. The third kappa shape index (κ3) is 3.76. The van der Waals surface area contributed by atoms with Crippen molar-refractivity contribution < 1.29 is 23.1 Å². The predicted molar refractivity (Wildman–Crippen MR) is 95.2 cm³/mol. The van der Waals surface area contributed by atoms with Crippen LogP contribution in [0.15, 0.2) is 23.1 Å². The van der Waals surface area contributed by atoms with E-state index in [4.69, 9.17) is 5.11 Å². The standard InChI is InChI=1S/C18H24N2O5S/c1-13(21)19-8-4-14-2-3-17(12-16(14)5-9-19)26(24,25)20-10-6-15(7-11-20)18(22)23/h2-3,12,15H,4-11H2,1H3,(H,22,23). The molecule has 7 nitrogen and oxygen atoms in total. The summed E-state index contributed by atoms with van der Waals surface area (Å²) >= 11 is 0. The molecule has 1 aromatic carbocycles. The molecule has 1 N–H and O–H groups in total. The van der Waals surface area contributed by atoms with Gasteiger partial charge in [0, 0.05) is 33.1 Å². The summed E-state index contributed by atoms with van der Waals surface area (Å²) in [6.45, 7) is 3.25. The van der Waals surface area contributed by atoms with Gasteiger partial charge in [-0.15, -0.1) is 0 Å². The van der Waals surface area contributed by atoms with Gasteiger partial charge >= 0.3 is 5.97 Å². The Labute approximate surface area is 153 Å². The molecule has 2 aliphatic heterocycles. The van der Waals surface area contributed by atoms with Gasteiger partial charge in [-0.1, -0.05) is 6.07 Å². The second-order valence-corrected chi connectivity index (χ2v) is 8.89. The largest absolute Gasteiger partial charge is 0.481 e. The summed E-state index contributed by atoms with van der Waals surface area (Å²) in [5, 5.41) is 9.07. The van der Waals surface area contributed by atoms with Crippen LogP contribution in [0.3, 0.4) is 0 Å². The van der Waals surface area contributed by atoms with E-state index in [1.54, 1.807) is 24.0 Å². The summed E-state index contributed by atoms with van der Waals surface area (Å²) in [6.07, 6.45) is 2.04. The lowest BCUT2D eigenvalue weighted by Crippen LogP contribution is -2.40. The first kappa shape index (κ1) is 18.8. The van der Waals surface area contributed by atoms with Gasteiger partial charge in [-0.25, -0.2) is 8.42 Å². The number of amides is 1. The number of carboxylic acids is 1. The first-order valence-corrected chi connectivity index (χ1v) is 10.3. The molecule has 0 saturated carbocycles. The van der Waals surface area contributed by atoms with Crippen molar-refractivity contribution in [3.8, 4) is 0 Å². The Kier molecular flexibility index (Phi) is 5.34. The molecule has 8 heteroatoms. The van der Waals surface area contributed by atoms with Crippen molar-refractivity contribution in [1.29, 1.82) is 0 Å². The Morgan fingerprint density at radius 3 is 2.23 bits per heavy atom. The minimum Gasteiger partial charge on any atom is -0.481 e. The number of nitrogens with zero attached hydrogens (tertiary/aromatic N) is 2. The van der Waals surface area contributed by atoms with Gasteiger partial charge < -0.3 is 10.0 Å². The number of aliphatic carboxylic acids is 1. The second kappa shape index (κ2) is 7.36. The minimum atomic E-state index is -3.63. The van der Waals surface area contributed by atoms with Crippen molar-refractivity contribution in [3.05, 3.63) is 29.3 Å². The van der Waals surface area contributed by atoms with E-state index in [9.17, 15) is 18.0 Å². The first-order valence-electron chi connectivity index (χ1n) is 8.89. The van der Waals surface area contributed by atoms with Crippen molar-refractivity contribution in [2.45, 2.75) is 37.5 Å². The van der Waals surface area contributed by atoms with Crippen molar-refractivity contribution in [3.63, 3.8) is 0 Å². The Balaban J connectivity index is 1.78. The maximum atomic E-state index is 12.9. The van der Waals surface area contributed by atoms with E-state index < -0.39 is 21.9 Å². The monoisotopic (exact) mass is 380 g/mol. The number of carbonyl (C=O) groups excluding carboxylic acids is 1. The number of hydrogen-bond acceptors (Lipinski definition) is 4. The maximum Gasteiger partial charge on any atom is 0.306 e. The number of hydrogen-bond donors (Lipinski definition) is 1. The van der Waals surface area contributed by atoms with Crippen LogP contribution in [0.2, 0.25) is 0 Å². The molecule has 0 aromatic heterocycles. The fourth-order valence-corrected chi connectivity index (χ4v) is 5.19. The molecule has 0 bridgehead atoms. The third-order valence-corrected chi connectivity index (χ3v) is 7.26. The summed E-state index contributed by atoms with van der Waals surface area (Å²) in [4.78, 5) is 24.7. The lowest BCUT2D eigenvalue weighted by molar-refractivity contribution is -0.143. The van der Waals surface area contributed by atoms with Crippen molar-refractivity contribution in [2.24, 2.45) is 5.92 Å². The Morgan fingerprint density at radius 2 is 1.65 bits per heavy atom. The SMILES string of the molecule is CC(=O)N1CCc2ccc(S(=O)(=O)N3CCC(C(=O)O)CC3)cc2CC1. The Hall–Kier alpha value is -1.93. The summed E-state index contributed by atoms with van der Waals surface area (Å²) in [5.41, 5.74) is 2.05. The van der Waals surface area contributed by atoms with E-state index in [0.717, 1.165) is 17.5 Å². The highest BCUT2D eigenvalue weighted by atomic mass is 32.2. The van der Waals surface area contributed by atoms with Crippen LogP contribution < -0.4 is 0 Å². The quantitative estimate of drug-likeness (QED) is 0.848. The van der Waals surface area contributed by atoms with Crippen LogP contribution in [-0.2, 0) is 32.5 Å². The van der Waals surface area contributed by atoms with E-state index in [2.05, 4.69) is 0 Å². The molecule has 0 unspecified atom stereocenters. The lowest BCUT2D eigenvalue weighted by Gasteiger charge is -2.29. The molecule has 1 fully saturated rings. The molecule has 2 aliphatic rings. The van der Waals surface area contributed by atoms with Crippen LogP contribution in [0.1, 0.15) is 30.9 Å². The molecule has 26 heavy (non-hydrogen) atoms. The number of sulfonamides is 1. The Morgan fingerprint density at radius 1 is 1.04 bits per heavy atom. The average molecular weight is 380 g/mol. The fourth-order valence-electron chi connectivity index (χ4n) is 3.67. The van der Waals surface area contributed by atoms with Gasteiger partial charge in [0.1, 0.15) is 0 Å². The van der Waals surface area contributed by atoms with Crippen LogP contribution in [0, 0.1) is 5.92 Å². The second-order valence-electron chi connectivity index (χ2n) is 6.95. The zero-order valence-electron chi connectivity index (χ0n) is 14.8. The molecule has 0 aliphatic carbocycles. The van der Waals surface area contributed by atoms with Crippen LogP contribution in [0.4, 0.5) is 0 Å². The predicted octanol–water partition coefficient (Wildman–Crippen LogP) is 1.12. The maximum absolute atomic E-state index is 12.9. The molecular formula is C18H24N2O5S. The highest BCUT2D eigenvalue weighted by Gasteiger charge is 2.32. The number of piperidine rings is 1. The topological polar surface area (TPSA) is 95.0 Å². The van der Waals surface area contributed by atoms with Crippen molar-refractivity contribution >= 4 is 21.9 Å². The Bertz CT molecular complexity index is 813. The van der Waals surface area contributed by atoms with Crippen LogP contribution in [0.25, 0.3) is 0 Å². The summed E-state index contributed by atoms with van der Waals surface area (Å²) in [5.74, 6) is -1.29. The van der Waals surface area contributed by atoms with Gasteiger partial charge in [0.15, 0.2) is 0 Å². The van der Waals surface area contributed by atoms with Crippen LogP contribution >= 0.6 is 0 Å². The van der Waals surface area contributed by atoms with Gasteiger partial charge in [-0.2, -0.15) is 4.31 Å². The molecule has 3 rings (SSSR count). The number of benzene rings is 1. The molecule has 142 valence electrons. The highest BCUT2D eigenvalue weighted by Crippen LogP contribution is 2.26. The zero-order chi connectivity index (χ0) is 18.9. The molecule has 1 aromatic rings. The first-order chi connectivity index (χ1) is 12.3. The van der Waals surface area contributed by atoms with E-state index in [1.807, 2.05) is 6.07 Å². The van der Waals surface area contributed by atoms with Crippen LogP contribution in [0.5, 0.6) is 0 Å². The molecule has 0 spiro atoms. The zero-order valence-corrected chi connectivity index (χ0v) is 15.7. The van der Waals surface area contributed by atoms with Gasteiger partial charge in [-0.05, 0) is 48.9 Å². The summed E-state index contributed by atoms with van der Waals surface area (Å²) < 4.78 is 27.2. The number of rotatable bonds is 3. The van der Waals surface area contributed by atoms with Gasteiger partial charge in [0.25, 0.3) is 0 Å². The molecule has 1 saturated heterocycles. The minimum absolute atomic E-state index is 0.0342. The van der Waals surface area contributed by atoms with Crippen molar-refractivity contribution in [1.82, 2.24) is 9.21 Å². The van der Waals surface area contributed by atoms with Gasteiger partial charge in [-0.3, -0.25) is 9.59 Å². The number of carbonyl (C=O) groups is 2. The number of carboxylic acid groups (broad SMARTS) is 1. The smallest absolute Gasteiger partial charge is 0.306 e. The molecule has 1 amide bonds. The van der Waals surface area contributed by atoms with E-state index in [-0.39, 0.29) is 23.9 Å². The van der Waals surface area contributed by atoms with E-state index >= 15 is 0 Å². The highest BCUT2D eigenvalue weighted by molar-refractivity contribution is 7.89. The lowest BCUT2D eigenvalue weighted by atomic mass is 9.99. The van der Waals surface area contributed by atoms with Gasteiger partial charge in [0.2, 0.25) is 15.9 Å². The third-order valence-electron chi connectivity index (χ3n) is 5.37. The molecular weight excluding hydrogens is 356 g/mol. The van der Waals surface area contributed by atoms with E-state index in [1.165, 1.54) is 4.31 Å².